The summed E-state index contributed by atoms with van der Waals surface area (Å²) in [5.74, 6) is -2.25. The lowest BCUT2D eigenvalue weighted by atomic mass is 9.94. The van der Waals surface area contributed by atoms with Gasteiger partial charge in [0.05, 0.1) is 5.56 Å². The van der Waals surface area contributed by atoms with Gasteiger partial charge >= 0.3 is 0 Å². The van der Waals surface area contributed by atoms with Crippen molar-refractivity contribution in [1.29, 1.82) is 0 Å². The number of benzene rings is 3. The molecule has 0 aliphatic heterocycles. The quantitative estimate of drug-likeness (QED) is 0.184. The molecule has 3 aromatic carbocycles. The smallest absolute Gasteiger partial charge is 0.242 e. The van der Waals surface area contributed by atoms with Crippen molar-refractivity contribution in [1.82, 2.24) is 15.0 Å². The topological polar surface area (TPSA) is 53.7 Å². The van der Waals surface area contributed by atoms with Crippen LogP contribution in [0.3, 0.4) is 0 Å². The zero-order chi connectivity index (χ0) is 27.7. The fourth-order valence-electron chi connectivity index (χ4n) is 4.81. The van der Waals surface area contributed by atoms with Gasteiger partial charge in [0.1, 0.15) is 23.2 Å². The number of hydrogen-bond donors (Lipinski definition) is 2. The second-order valence-corrected chi connectivity index (χ2v) is 9.42. The third kappa shape index (κ3) is 5.26. The van der Waals surface area contributed by atoms with Gasteiger partial charge in [0, 0.05) is 53.0 Å². The molecule has 0 aliphatic rings. The summed E-state index contributed by atoms with van der Waals surface area (Å²) in [4.78, 5) is 10.2. The van der Waals surface area contributed by atoms with Crippen molar-refractivity contribution in [2.45, 2.75) is 45.5 Å². The number of aromatic amines is 2. The minimum Gasteiger partial charge on any atom is -0.454 e. The van der Waals surface area contributed by atoms with Crippen LogP contribution in [-0.4, -0.2) is 21.4 Å². The van der Waals surface area contributed by atoms with Crippen LogP contribution in [0.4, 0.5) is 22.0 Å². The van der Waals surface area contributed by atoms with Gasteiger partial charge in [0.15, 0.2) is 11.6 Å². The number of fused-ring (bicyclic) bond motifs is 1. The molecule has 0 fully saturated rings. The summed E-state index contributed by atoms with van der Waals surface area (Å²) in [5, 5.41) is 0.411. The highest BCUT2D eigenvalue weighted by atomic mass is 19.3. The lowest BCUT2D eigenvalue weighted by Gasteiger charge is -2.15. The highest BCUT2D eigenvalue weighted by molar-refractivity contribution is 5.85. The van der Waals surface area contributed by atoms with Crippen LogP contribution in [0.25, 0.3) is 22.3 Å². The average molecular weight is 540 g/mol. The van der Waals surface area contributed by atoms with Crippen LogP contribution < -0.4 is 4.74 Å². The molecule has 9 heteroatoms. The van der Waals surface area contributed by atoms with Crippen molar-refractivity contribution in [2.24, 2.45) is 0 Å². The molecule has 0 bridgehead atoms. The van der Waals surface area contributed by atoms with Crippen LogP contribution in [0.2, 0.25) is 0 Å². The Morgan fingerprint density at radius 3 is 2.59 bits per heavy atom. The van der Waals surface area contributed by atoms with Crippen LogP contribution in [0, 0.1) is 17.5 Å². The number of hydrogen-bond acceptors (Lipinski definition) is 2. The number of rotatable bonds is 9. The predicted octanol–water partition coefficient (Wildman–Crippen LogP) is 8.68. The predicted molar refractivity (Wildman–Crippen MR) is 140 cm³/mol. The normalized spacial score (nSPS) is 12.4. The molecule has 2 N–H and O–H groups in total. The van der Waals surface area contributed by atoms with Crippen LogP contribution in [-0.2, 0) is 12.8 Å². The van der Waals surface area contributed by atoms with E-state index in [1.165, 1.54) is 30.6 Å². The van der Waals surface area contributed by atoms with Crippen LogP contribution >= 0.6 is 0 Å². The first kappa shape index (κ1) is 26.5. The molecule has 0 spiro atoms. The minimum absolute atomic E-state index is 0.00793. The number of ether oxygens (including phenoxy) is 1. The first-order chi connectivity index (χ1) is 18.8. The minimum atomic E-state index is -2.73. The van der Waals surface area contributed by atoms with E-state index in [2.05, 4.69) is 15.0 Å². The van der Waals surface area contributed by atoms with Crippen molar-refractivity contribution in [3.05, 3.63) is 101 Å². The van der Waals surface area contributed by atoms with Gasteiger partial charge < -0.3 is 14.7 Å². The Hall–Kier alpha value is -4.14. The molecule has 0 aliphatic carbocycles. The molecule has 0 radical (unpaired) electrons. The number of nitrogens with one attached hydrogen (secondary N) is 2. The number of H-pyrrole nitrogens is 2. The van der Waals surface area contributed by atoms with E-state index in [4.69, 9.17) is 4.74 Å². The van der Waals surface area contributed by atoms with E-state index in [0.717, 1.165) is 12.5 Å². The zero-order valence-corrected chi connectivity index (χ0v) is 21.3. The van der Waals surface area contributed by atoms with E-state index in [-0.39, 0.29) is 40.2 Å². The molecule has 0 saturated heterocycles. The number of alkyl halides is 2. The van der Waals surface area contributed by atoms with Crippen molar-refractivity contribution < 1.29 is 26.7 Å². The van der Waals surface area contributed by atoms with Gasteiger partial charge in [-0.25, -0.2) is 26.9 Å². The number of nitrogens with zero attached hydrogens (tertiary/aromatic N) is 1. The summed E-state index contributed by atoms with van der Waals surface area (Å²) in [6.07, 6.45) is 1.03. The van der Waals surface area contributed by atoms with Gasteiger partial charge in [0.2, 0.25) is 6.43 Å². The summed E-state index contributed by atoms with van der Waals surface area (Å²) in [6, 6.07) is 11.7. The first-order valence-corrected chi connectivity index (χ1v) is 12.6. The van der Waals surface area contributed by atoms with E-state index >= 15 is 4.39 Å². The van der Waals surface area contributed by atoms with Crippen molar-refractivity contribution in [2.75, 3.05) is 0 Å². The molecule has 5 aromatic rings. The number of imidazole rings is 1. The lowest BCUT2D eigenvalue weighted by molar-refractivity contribution is 0.148. The summed E-state index contributed by atoms with van der Waals surface area (Å²) in [5.41, 5.74) is 2.11. The van der Waals surface area contributed by atoms with Gasteiger partial charge in [-0.15, -0.1) is 0 Å². The average Bonchev–Trinajstić information content (AvgIpc) is 3.58. The summed E-state index contributed by atoms with van der Waals surface area (Å²) in [7, 11) is 0. The Labute approximate surface area is 221 Å². The van der Waals surface area contributed by atoms with E-state index in [1.807, 2.05) is 19.9 Å². The van der Waals surface area contributed by atoms with E-state index in [9.17, 15) is 17.6 Å². The number of aryl methyl sites for hydroxylation is 1. The summed E-state index contributed by atoms with van der Waals surface area (Å²) in [6.45, 7) is 3.81. The first-order valence-electron chi connectivity index (χ1n) is 12.6. The maximum Gasteiger partial charge on any atom is 0.242 e. The Balaban J connectivity index is 1.47. The monoisotopic (exact) mass is 539 g/mol. The molecule has 202 valence electrons. The van der Waals surface area contributed by atoms with Gasteiger partial charge in [-0.2, -0.15) is 0 Å². The van der Waals surface area contributed by atoms with E-state index < -0.39 is 24.5 Å². The van der Waals surface area contributed by atoms with Gasteiger partial charge in [0.25, 0.3) is 0 Å². The molecule has 0 amide bonds. The third-order valence-electron chi connectivity index (χ3n) is 6.79. The van der Waals surface area contributed by atoms with Crippen LogP contribution in [0.15, 0.2) is 60.9 Å². The highest BCUT2D eigenvalue weighted by Gasteiger charge is 2.22. The fourth-order valence-corrected chi connectivity index (χ4v) is 4.81. The molecule has 39 heavy (non-hydrogen) atoms. The van der Waals surface area contributed by atoms with Crippen LogP contribution in [0.1, 0.15) is 48.6 Å². The lowest BCUT2D eigenvalue weighted by Crippen LogP contribution is -2.03. The third-order valence-corrected chi connectivity index (χ3v) is 6.79. The second-order valence-electron chi connectivity index (χ2n) is 9.42. The van der Waals surface area contributed by atoms with Gasteiger partial charge in [-0.05, 0) is 41.8 Å². The molecule has 1 unspecified atom stereocenters. The van der Waals surface area contributed by atoms with Crippen molar-refractivity contribution in [3.8, 4) is 22.9 Å². The summed E-state index contributed by atoms with van der Waals surface area (Å²) >= 11 is 0. The molecule has 2 heterocycles. The Morgan fingerprint density at radius 1 is 1.00 bits per heavy atom. The Kier molecular flexibility index (Phi) is 7.41. The molecule has 0 saturated carbocycles. The maximum absolute atomic E-state index is 15.1. The van der Waals surface area contributed by atoms with Crippen molar-refractivity contribution in [3.63, 3.8) is 0 Å². The number of aromatic nitrogens is 3. The molecule has 2 aromatic heterocycles. The molecule has 4 nitrogen and oxygen atoms in total. The fraction of sp³-hybridized carbons (Fsp3) is 0.233. The van der Waals surface area contributed by atoms with Gasteiger partial charge in [-0.3, -0.25) is 0 Å². The molecule has 5 rings (SSSR count). The molecule has 1 atom stereocenters. The summed E-state index contributed by atoms with van der Waals surface area (Å²) < 4.78 is 77.3. The van der Waals surface area contributed by atoms with Crippen molar-refractivity contribution >= 4 is 10.9 Å². The maximum atomic E-state index is 15.1. The largest absolute Gasteiger partial charge is 0.454 e. The standard InChI is InChI=1S/C30H26F5N3O/c1-3-5-17-6-4-7-19(28(17)35)16(2)26-15-37-30(38-26)22-12-18(8-9-23(22)31)39-29-21(13-27(33)34)20-10-11-36-25(20)14-24(29)32/h4,6-12,14-16,27,36H,3,5,13H2,1-2H3,(H,37,38). The molecular formula is C30H26F5N3O. The Morgan fingerprint density at radius 2 is 1.82 bits per heavy atom. The second kappa shape index (κ2) is 10.9. The highest BCUT2D eigenvalue weighted by Crippen LogP contribution is 2.37. The van der Waals surface area contributed by atoms with Gasteiger partial charge in [-0.1, -0.05) is 38.5 Å². The number of halogens is 5. The molecular weight excluding hydrogens is 513 g/mol. The van der Waals surface area contributed by atoms with E-state index in [0.29, 0.717) is 34.1 Å². The van der Waals surface area contributed by atoms with Crippen LogP contribution in [0.5, 0.6) is 11.5 Å². The zero-order valence-electron chi connectivity index (χ0n) is 21.3. The van der Waals surface area contributed by atoms with E-state index in [1.54, 1.807) is 18.2 Å². The Bertz CT molecular complexity index is 1620. The SMILES string of the molecule is CCCc1cccc(C(C)c2cnc(-c3cc(Oc4c(F)cc5[nH]ccc5c4CC(F)F)ccc3F)[nH]2)c1F.